The van der Waals surface area contributed by atoms with E-state index in [9.17, 15) is 13.5 Å². The van der Waals surface area contributed by atoms with Crippen molar-refractivity contribution in [3.8, 4) is 11.5 Å². The van der Waals surface area contributed by atoms with Crippen molar-refractivity contribution in [3.63, 3.8) is 0 Å². The van der Waals surface area contributed by atoms with Gasteiger partial charge in [-0.25, -0.2) is 8.42 Å². The molecule has 0 bridgehead atoms. The van der Waals surface area contributed by atoms with Gasteiger partial charge in [-0.05, 0) is 43.7 Å². The first-order valence-electron chi connectivity index (χ1n) is 7.75. The van der Waals surface area contributed by atoms with Crippen LogP contribution >= 0.6 is 0 Å². The van der Waals surface area contributed by atoms with E-state index in [2.05, 4.69) is 4.72 Å². The van der Waals surface area contributed by atoms with Crippen molar-refractivity contribution in [1.29, 1.82) is 0 Å². The monoisotopic (exact) mass is 348 g/mol. The van der Waals surface area contributed by atoms with Gasteiger partial charge >= 0.3 is 0 Å². The van der Waals surface area contributed by atoms with Crippen molar-refractivity contribution in [3.05, 3.63) is 48.0 Å². The summed E-state index contributed by atoms with van der Waals surface area (Å²) in [4.78, 5) is 2.15. The molecule has 1 unspecified atom stereocenters. The fraction of sp³-hybridized carbons (Fsp3) is 0.294. The Morgan fingerprint density at radius 3 is 2.71 bits per heavy atom. The third-order valence-electron chi connectivity index (χ3n) is 3.96. The maximum absolute atomic E-state index is 12.3. The van der Waals surface area contributed by atoms with Crippen LogP contribution in [0, 0.1) is 0 Å². The number of fused-ring (bicyclic) bond motifs is 1. The molecule has 128 valence electrons. The van der Waals surface area contributed by atoms with Crippen LogP contribution in [0.5, 0.6) is 11.5 Å². The molecule has 2 N–H and O–H groups in total. The molecule has 1 aliphatic rings. The molecule has 0 radical (unpaired) electrons. The molecule has 0 fully saturated rings. The molecule has 7 heteroatoms. The van der Waals surface area contributed by atoms with Gasteiger partial charge in [0.1, 0.15) is 16.4 Å². The van der Waals surface area contributed by atoms with Gasteiger partial charge in [0.25, 0.3) is 0 Å². The van der Waals surface area contributed by atoms with E-state index >= 15 is 0 Å². The standard InChI is InChI=1S/C17H20N2O4S/c1-3-19-11-18-24(21,22)17-10-15(7-8-16(17)19)23-14-6-4-5-13(9-14)12(2)20/h4-10,12,18,20H,3,11H2,1-2H3. The zero-order valence-corrected chi connectivity index (χ0v) is 14.4. The molecule has 1 atom stereocenters. The Labute approximate surface area is 141 Å². The topological polar surface area (TPSA) is 78.9 Å². The van der Waals surface area contributed by atoms with Gasteiger partial charge in [0.15, 0.2) is 0 Å². The van der Waals surface area contributed by atoms with E-state index in [1.807, 2.05) is 11.8 Å². The maximum Gasteiger partial charge on any atom is 0.244 e. The van der Waals surface area contributed by atoms with E-state index in [1.54, 1.807) is 43.3 Å². The first-order valence-corrected chi connectivity index (χ1v) is 9.23. The Kier molecular flexibility index (Phi) is 4.49. The van der Waals surface area contributed by atoms with Crippen LogP contribution in [-0.4, -0.2) is 26.7 Å². The number of aliphatic hydroxyl groups is 1. The van der Waals surface area contributed by atoms with E-state index < -0.39 is 16.1 Å². The molecule has 0 amide bonds. The SMILES string of the molecule is CCN1CNS(=O)(=O)c2cc(Oc3cccc(C(C)O)c3)ccc21. The van der Waals surface area contributed by atoms with Crippen LogP contribution in [0.1, 0.15) is 25.5 Å². The number of sulfonamides is 1. The summed E-state index contributed by atoms with van der Waals surface area (Å²) in [6.07, 6.45) is -0.597. The Hall–Kier alpha value is -2.09. The normalized spacial score (nSPS) is 17.2. The minimum absolute atomic E-state index is 0.208. The van der Waals surface area contributed by atoms with Gasteiger partial charge in [-0.2, -0.15) is 4.72 Å². The Morgan fingerprint density at radius 2 is 2.00 bits per heavy atom. The number of aliphatic hydroxyl groups excluding tert-OH is 1. The van der Waals surface area contributed by atoms with Crippen LogP contribution in [0.15, 0.2) is 47.4 Å². The lowest BCUT2D eigenvalue weighted by Gasteiger charge is -2.30. The molecule has 0 saturated carbocycles. The highest BCUT2D eigenvalue weighted by Gasteiger charge is 2.27. The first kappa shape index (κ1) is 16.8. The summed E-state index contributed by atoms with van der Waals surface area (Å²) in [7, 11) is -3.53. The van der Waals surface area contributed by atoms with Crippen molar-refractivity contribution in [1.82, 2.24) is 4.72 Å². The second kappa shape index (κ2) is 6.43. The number of nitrogens with zero attached hydrogens (tertiary/aromatic N) is 1. The molecule has 0 spiro atoms. The van der Waals surface area contributed by atoms with Gasteiger partial charge in [0.2, 0.25) is 10.0 Å². The number of nitrogens with one attached hydrogen (secondary N) is 1. The second-order valence-corrected chi connectivity index (χ2v) is 7.38. The largest absolute Gasteiger partial charge is 0.457 e. The Bertz CT molecular complexity index is 849. The lowest BCUT2D eigenvalue weighted by Crippen LogP contribution is -2.42. The molecule has 0 aliphatic carbocycles. The van der Waals surface area contributed by atoms with E-state index in [0.717, 1.165) is 5.56 Å². The van der Waals surface area contributed by atoms with Crippen LogP contribution < -0.4 is 14.4 Å². The smallest absolute Gasteiger partial charge is 0.244 e. The molecule has 0 aromatic heterocycles. The molecule has 24 heavy (non-hydrogen) atoms. The number of ether oxygens (including phenoxy) is 1. The molecular weight excluding hydrogens is 328 g/mol. The summed E-state index contributed by atoms with van der Waals surface area (Å²) in [6, 6.07) is 12.1. The third kappa shape index (κ3) is 3.24. The van der Waals surface area contributed by atoms with Gasteiger partial charge in [-0.15, -0.1) is 0 Å². The summed E-state index contributed by atoms with van der Waals surface area (Å²) in [6.45, 7) is 4.61. The van der Waals surface area contributed by atoms with Crippen molar-refractivity contribution >= 4 is 15.7 Å². The Balaban J connectivity index is 1.95. The summed E-state index contributed by atoms with van der Waals surface area (Å²) in [5, 5.41) is 9.65. The minimum atomic E-state index is -3.53. The van der Waals surface area contributed by atoms with Crippen LogP contribution in [0.3, 0.4) is 0 Å². The van der Waals surface area contributed by atoms with Gasteiger partial charge in [0, 0.05) is 12.6 Å². The number of hydrogen-bond acceptors (Lipinski definition) is 5. The third-order valence-corrected chi connectivity index (χ3v) is 5.38. The van der Waals surface area contributed by atoms with Crippen LogP contribution in [0.2, 0.25) is 0 Å². The highest BCUT2D eigenvalue weighted by molar-refractivity contribution is 7.89. The quantitative estimate of drug-likeness (QED) is 0.888. The van der Waals surface area contributed by atoms with Crippen LogP contribution in [-0.2, 0) is 10.0 Å². The van der Waals surface area contributed by atoms with Gasteiger partial charge < -0.3 is 14.7 Å². The van der Waals surface area contributed by atoms with E-state index in [0.29, 0.717) is 23.7 Å². The summed E-state index contributed by atoms with van der Waals surface area (Å²) < 4.78 is 32.8. The molecule has 0 saturated heterocycles. The molecule has 6 nitrogen and oxygen atoms in total. The highest BCUT2D eigenvalue weighted by Crippen LogP contribution is 2.34. The fourth-order valence-corrected chi connectivity index (χ4v) is 3.84. The van der Waals surface area contributed by atoms with Crippen molar-refractivity contribution in [2.45, 2.75) is 24.8 Å². The number of benzene rings is 2. The van der Waals surface area contributed by atoms with Crippen molar-refractivity contribution in [2.24, 2.45) is 0 Å². The molecule has 2 aromatic carbocycles. The molecule has 2 aromatic rings. The van der Waals surface area contributed by atoms with Crippen LogP contribution in [0.4, 0.5) is 5.69 Å². The van der Waals surface area contributed by atoms with Gasteiger partial charge in [0.05, 0.1) is 18.5 Å². The summed E-state index contributed by atoms with van der Waals surface area (Å²) >= 11 is 0. The molecule has 1 heterocycles. The molecule has 1 aliphatic heterocycles. The summed E-state index contributed by atoms with van der Waals surface area (Å²) in [5.74, 6) is 0.974. The van der Waals surface area contributed by atoms with Gasteiger partial charge in [-0.3, -0.25) is 0 Å². The van der Waals surface area contributed by atoms with Gasteiger partial charge in [-0.1, -0.05) is 12.1 Å². The maximum atomic E-state index is 12.3. The molecular formula is C17H20N2O4S. The van der Waals surface area contributed by atoms with Crippen molar-refractivity contribution in [2.75, 3.05) is 18.1 Å². The van der Waals surface area contributed by atoms with Crippen LogP contribution in [0.25, 0.3) is 0 Å². The average molecular weight is 348 g/mol. The summed E-state index contributed by atoms with van der Waals surface area (Å²) in [5.41, 5.74) is 1.40. The number of rotatable bonds is 4. The number of hydrogen-bond donors (Lipinski definition) is 2. The predicted octanol–water partition coefficient (Wildman–Crippen LogP) is 2.61. The lowest BCUT2D eigenvalue weighted by molar-refractivity contribution is 0.199. The number of anilines is 1. The Morgan fingerprint density at radius 1 is 1.25 bits per heavy atom. The fourth-order valence-electron chi connectivity index (χ4n) is 2.62. The lowest BCUT2D eigenvalue weighted by atomic mass is 10.1. The average Bonchev–Trinajstić information content (AvgIpc) is 2.56. The molecule has 3 rings (SSSR count). The van der Waals surface area contributed by atoms with E-state index in [4.69, 9.17) is 4.74 Å². The zero-order valence-electron chi connectivity index (χ0n) is 13.6. The van der Waals surface area contributed by atoms with Crippen molar-refractivity contribution < 1.29 is 18.3 Å². The zero-order chi connectivity index (χ0) is 17.3. The highest BCUT2D eigenvalue weighted by atomic mass is 32.2. The second-order valence-electron chi connectivity index (χ2n) is 5.64. The van der Waals surface area contributed by atoms with E-state index in [-0.39, 0.29) is 11.6 Å². The predicted molar refractivity (Wildman–Crippen MR) is 91.8 cm³/mol. The minimum Gasteiger partial charge on any atom is -0.457 e. The first-order chi connectivity index (χ1) is 11.4. The van der Waals surface area contributed by atoms with E-state index in [1.165, 1.54) is 6.07 Å².